The SMILES string of the molecule is Clc1ccc(OCc2nn3c(CSc4ccccc4)nnc3s2)cc1. The number of hydrogen-bond donors (Lipinski definition) is 0. The van der Waals surface area contributed by atoms with Gasteiger partial charge in [0.1, 0.15) is 12.4 Å². The Morgan fingerprint density at radius 1 is 1.04 bits per heavy atom. The molecule has 5 nitrogen and oxygen atoms in total. The van der Waals surface area contributed by atoms with Crippen molar-refractivity contribution in [2.75, 3.05) is 0 Å². The van der Waals surface area contributed by atoms with Gasteiger partial charge < -0.3 is 4.74 Å². The molecule has 0 aliphatic heterocycles. The maximum atomic E-state index is 5.87. The van der Waals surface area contributed by atoms with E-state index in [1.807, 2.05) is 30.3 Å². The third-order valence-electron chi connectivity index (χ3n) is 3.38. The van der Waals surface area contributed by atoms with Gasteiger partial charge in [0.05, 0.1) is 5.75 Å². The van der Waals surface area contributed by atoms with Gasteiger partial charge in [-0.25, -0.2) is 0 Å². The summed E-state index contributed by atoms with van der Waals surface area (Å²) >= 11 is 9.06. The Bertz CT molecular complexity index is 969. The van der Waals surface area contributed by atoms with Crippen LogP contribution in [-0.4, -0.2) is 19.8 Å². The Morgan fingerprint density at radius 2 is 1.84 bits per heavy atom. The molecule has 2 aromatic carbocycles. The van der Waals surface area contributed by atoms with Gasteiger partial charge in [0.15, 0.2) is 10.8 Å². The number of fused-ring (bicyclic) bond motifs is 1. The van der Waals surface area contributed by atoms with Gasteiger partial charge in [-0.15, -0.1) is 22.0 Å². The minimum Gasteiger partial charge on any atom is -0.486 e. The third kappa shape index (κ3) is 3.95. The molecule has 0 spiro atoms. The van der Waals surface area contributed by atoms with Crippen LogP contribution in [-0.2, 0) is 12.4 Å². The molecule has 0 aliphatic carbocycles. The van der Waals surface area contributed by atoms with Gasteiger partial charge in [0.2, 0.25) is 4.96 Å². The van der Waals surface area contributed by atoms with Crippen LogP contribution in [0.25, 0.3) is 4.96 Å². The van der Waals surface area contributed by atoms with Gasteiger partial charge in [-0.05, 0) is 36.4 Å². The summed E-state index contributed by atoms with van der Waals surface area (Å²) in [5.74, 6) is 2.31. The van der Waals surface area contributed by atoms with Crippen LogP contribution in [0, 0.1) is 0 Å². The zero-order valence-electron chi connectivity index (χ0n) is 13.0. The quantitative estimate of drug-likeness (QED) is 0.448. The largest absolute Gasteiger partial charge is 0.486 e. The molecule has 126 valence electrons. The van der Waals surface area contributed by atoms with Crippen molar-refractivity contribution in [1.82, 2.24) is 19.8 Å². The van der Waals surface area contributed by atoms with E-state index in [9.17, 15) is 0 Å². The molecule has 0 saturated heterocycles. The Kier molecular flexibility index (Phi) is 4.87. The summed E-state index contributed by atoms with van der Waals surface area (Å²) in [7, 11) is 0. The molecule has 0 bridgehead atoms. The second-order valence-electron chi connectivity index (χ2n) is 5.15. The van der Waals surface area contributed by atoms with Gasteiger partial charge >= 0.3 is 0 Å². The summed E-state index contributed by atoms with van der Waals surface area (Å²) in [6.45, 7) is 0.390. The Morgan fingerprint density at radius 3 is 2.64 bits per heavy atom. The minimum atomic E-state index is 0.390. The van der Waals surface area contributed by atoms with Crippen LogP contribution in [0.5, 0.6) is 5.75 Å². The molecule has 25 heavy (non-hydrogen) atoms. The molecule has 0 amide bonds. The maximum absolute atomic E-state index is 5.87. The van der Waals surface area contributed by atoms with E-state index in [-0.39, 0.29) is 0 Å². The van der Waals surface area contributed by atoms with E-state index in [2.05, 4.69) is 27.4 Å². The standard InChI is InChI=1S/C17H13ClN4OS2/c18-12-6-8-13(9-7-12)23-10-16-21-22-15(19-20-17(22)25-16)11-24-14-4-2-1-3-5-14/h1-9H,10-11H2. The average Bonchev–Trinajstić information content (AvgIpc) is 3.21. The topological polar surface area (TPSA) is 52.3 Å². The number of thioether (sulfide) groups is 1. The molecule has 0 unspecified atom stereocenters. The van der Waals surface area contributed by atoms with Crippen molar-refractivity contribution in [3.05, 3.63) is 70.5 Å². The molecule has 0 N–H and O–H groups in total. The van der Waals surface area contributed by atoms with Crippen LogP contribution >= 0.6 is 34.7 Å². The Labute approximate surface area is 157 Å². The monoisotopic (exact) mass is 388 g/mol. The molecule has 2 aromatic heterocycles. The minimum absolute atomic E-state index is 0.390. The molecule has 0 atom stereocenters. The maximum Gasteiger partial charge on any atom is 0.234 e. The second-order valence-corrected chi connectivity index (χ2v) is 7.68. The molecule has 8 heteroatoms. The summed E-state index contributed by atoms with van der Waals surface area (Å²) in [6, 6.07) is 17.5. The van der Waals surface area contributed by atoms with Crippen LogP contribution in [0.15, 0.2) is 59.5 Å². The smallest absolute Gasteiger partial charge is 0.234 e. The number of ether oxygens (including phenoxy) is 1. The molecule has 0 fully saturated rings. The van der Waals surface area contributed by atoms with E-state index in [0.29, 0.717) is 17.4 Å². The fourth-order valence-electron chi connectivity index (χ4n) is 2.19. The molecule has 0 aliphatic rings. The van der Waals surface area contributed by atoms with Gasteiger partial charge in [-0.2, -0.15) is 9.61 Å². The normalized spacial score (nSPS) is 11.1. The van der Waals surface area contributed by atoms with Gasteiger partial charge in [0.25, 0.3) is 0 Å². The van der Waals surface area contributed by atoms with E-state index >= 15 is 0 Å². The van der Waals surface area contributed by atoms with Gasteiger partial charge in [-0.3, -0.25) is 0 Å². The number of hydrogen-bond acceptors (Lipinski definition) is 6. The van der Waals surface area contributed by atoms with Crippen LogP contribution in [0.1, 0.15) is 10.8 Å². The van der Waals surface area contributed by atoms with Gasteiger partial charge in [-0.1, -0.05) is 41.1 Å². The molecule has 4 rings (SSSR count). The zero-order chi connectivity index (χ0) is 17.1. The number of halogens is 1. The van der Waals surface area contributed by atoms with E-state index < -0.39 is 0 Å². The highest BCUT2D eigenvalue weighted by Gasteiger charge is 2.12. The molecule has 0 saturated carbocycles. The highest BCUT2D eigenvalue weighted by molar-refractivity contribution is 7.98. The fourth-order valence-corrected chi connectivity index (χ4v) is 3.90. The first-order chi connectivity index (χ1) is 12.3. The fraction of sp³-hybridized carbons (Fsp3) is 0.118. The first kappa shape index (κ1) is 16.4. The van der Waals surface area contributed by atoms with E-state index in [0.717, 1.165) is 21.5 Å². The number of aromatic nitrogens is 4. The van der Waals surface area contributed by atoms with Crippen molar-refractivity contribution in [1.29, 1.82) is 0 Å². The van der Waals surface area contributed by atoms with Crippen LogP contribution in [0.3, 0.4) is 0 Å². The van der Waals surface area contributed by atoms with Crippen molar-refractivity contribution in [3.8, 4) is 5.75 Å². The first-order valence-corrected chi connectivity index (χ1v) is 9.72. The zero-order valence-corrected chi connectivity index (χ0v) is 15.4. The summed E-state index contributed by atoms with van der Waals surface area (Å²) in [4.78, 5) is 1.97. The number of nitrogens with zero attached hydrogens (tertiary/aromatic N) is 4. The predicted octanol–water partition coefficient (Wildman–Crippen LogP) is 4.71. The van der Waals surface area contributed by atoms with Crippen molar-refractivity contribution in [2.24, 2.45) is 0 Å². The Hall–Kier alpha value is -2.09. The average molecular weight is 389 g/mol. The summed E-state index contributed by atoms with van der Waals surface area (Å²) in [5, 5.41) is 14.5. The first-order valence-electron chi connectivity index (χ1n) is 7.54. The van der Waals surface area contributed by atoms with Crippen molar-refractivity contribution >= 4 is 39.7 Å². The number of benzene rings is 2. The van der Waals surface area contributed by atoms with Crippen LogP contribution in [0.2, 0.25) is 5.02 Å². The highest BCUT2D eigenvalue weighted by Crippen LogP contribution is 2.24. The van der Waals surface area contributed by atoms with E-state index in [1.54, 1.807) is 28.4 Å². The van der Waals surface area contributed by atoms with E-state index in [4.69, 9.17) is 16.3 Å². The second kappa shape index (κ2) is 7.43. The van der Waals surface area contributed by atoms with Crippen LogP contribution < -0.4 is 4.74 Å². The molecular weight excluding hydrogens is 376 g/mol. The third-order valence-corrected chi connectivity index (χ3v) is 5.52. The van der Waals surface area contributed by atoms with Crippen LogP contribution in [0.4, 0.5) is 0 Å². The van der Waals surface area contributed by atoms with Crippen molar-refractivity contribution in [2.45, 2.75) is 17.3 Å². The van der Waals surface area contributed by atoms with Gasteiger partial charge in [0, 0.05) is 9.92 Å². The summed E-state index contributed by atoms with van der Waals surface area (Å²) in [6.07, 6.45) is 0. The lowest BCUT2D eigenvalue weighted by Gasteiger charge is -2.03. The lowest BCUT2D eigenvalue weighted by atomic mass is 10.3. The van der Waals surface area contributed by atoms with E-state index in [1.165, 1.54) is 16.2 Å². The lowest BCUT2D eigenvalue weighted by Crippen LogP contribution is -1.98. The molecular formula is C17H13ClN4OS2. The predicted molar refractivity (Wildman–Crippen MR) is 100 cm³/mol. The van der Waals surface area contributed by atoms with Crippen molar-refractivity contribution in [3.63, 3.8) is 0 Å². The van der Waals surface area contributed by atoms with Crippen molar-refractivity contribution < 1.29 is 4.74 Å². The molecule has 4 aromatic rings. The highest BCUT2D eigenvalue weighted by atomic mass is 35.5. The number of rotatable bonds is 6. The summed E-state index contributed by atoms with van der Waals surface area (Å²) < 4.78 is 7.53. The molecule has 2 heterocycles. The molecule has 0 radical (unpaired) electrons. The Balaban J connectivity index is 1.43. The lowest BCUT2D eigenvalue weighted by molar-refractivity contribution is 0.304. The summed E-state index contributed by atoms with van der Waals surface area (Å²) in [5.41, 5.74) is 0.